The van der Waals surface area contributed by atoms with Crippen LogP contribution in [-0.2, 0) is 11.8 Å². The Balaban J connectivity index is 1.51. The van der Waals surface area contributed by atoms with Crippen molar-refractivity contribution in [1.29, 1.82) is 0 Å². The number of carbonyl (C=O) groups is 2. The number of nitrogens with one attached hydrogen (secondary N) is 1. The van der Waals surface area contributed by atoms with Crippen molar-refractivity contribution >= 4 is 11.8 Å². The first-order valence-electron chi connectivity index (χ1n) is 9.20. The molecule has 2 heterocycles. The predicted octanol–water partition coefficient (Wildman–Crippen LogP) is 2.16. The second-order valence-corrected chi connectivity index (χ2v) is 6.97. The van der Waals surface area contributed by atoms with Crippen molar-refractivity contribution in [3.63, 3.8) is 0 Å². The van der Waals surface area contributed by atoms with Gasteiger partial charge in [0.05, 0.1) is 19.3 Å². The van der Waals surface area contributed by atoms with Crippen LogP contribution in [0.3, 0.4) is 0 Å². The van der Waals surface area contributed by atoms with E-state index in [4.69, 9.17) is 4.74 Å². The lowest BCUT2D eigenvalue weighted by molar-refractivity contribution is -0.126. The normalized spacial score (nSPS) is 16.0. The molecule has 0 saturated carbocycles. The number of hydrogen-bond acceptors (Lipinski definition) is 4. The third kappa shape index (κ3) is 4.48. The highest BCUT2D eigenvalue weighted by Crippen LogP contribution is 2.22. The van der Waals surface area contributed by atoms with Gasteiger partial charge in [0.2, 0.25) is 5.91 Å². The van der Waals surface area contributed by atoms with Gasteiger partial charge in [0.25, 0.3) is 5.91 Å². The summed E-state index contributed by atoms with van der Waals surface area (Å²) in [4.78, 5) is 27.0. The molecule has 7 heteroatoms. The van der Waals surface area contributed by atoms with Crippen molar-refractivity contribution in [2.75, 3.05) is 20.2 Å². The predicted molar refractivity (Wildman–Crippen MR) is 101 cm³/mol. The van der Waals surface area contributed by atoms with Crippen molar-refractivity contribution in [1.82, 2.24) is 20.0 Å². The SMILES string of the molecule is COc1ccc(C(=O)N2CCC(C(=O)N[C@H](C)c3cnn(C)c3)CC2)cc1. The molecule has 1 saturated heterocycles. The Bertz CT molecular complexity index is 792. The Morgan fingerprint density at radius 1 is 1.22 bits per heavy atom. The Kier molecular flexibility index (Phi) is 5.78. The fourth-order valence-corrected chi connectivity index (χ4v) is 3.34. The molecule has 1 aromatic carbocycles. The molecular weight excluding hydrogens is 344 g/mol. The molecule has 1 atom stereocenters. The van der Waals surface area contributed by atoms with Gasteiger partial charge in [-0.15, -0.1) is 0 Å². The van der Waals surface area contributed by atoms with Crippen molar-refractivity contribution in [3.8, 4) is 5.75 Å². The van der Waals surface area contributed by atoms with Crippen LogP contribution in [0.15, 0.2) is 36.7 Å². The lowest BCUT2D eigenvalue weighted by Crippen LogP contribution is -2.43. The quantitative estimate of drug-likeness (QED) is 0.875. The summed E-state index contributed by atoms with van der Waals surface area (Å²) >= 11 is 0. The summed E-state index contributed by atoms with van der Waals surface area (Å²) in [7, 11) is 3.45. The topological polar surface area (TPSA) is 76.5 Å². The molecule has 0 spiro atoms. The van der Waals surface area contributed by atoms with E-state index in [0.717, 1.165) is 11.3 Å². The van der Waals surface area contributed by atoms with Crippen LogP contribution in [0.2, 0.25) is 0 Å². The summed E-state index contributed by atoms with van der Waals surface area (Å²) in [6.07, 6.45) is 5.02. The summed E-state index contributed by atoms with van der Waals surface area (Å²) in [6, 6.07) is 7.04. The minimum Gasteiger partial charge on any atom is -0.497 e. The monoisotopic (exact) mass is 370 g/mol. The third-order valence-electron chi connectivity index (χ3n) is 5.07. The second-order valence-electron chi connectivity index (χ2n) is 6.97. The van der Waals surface area contributed by atoms with Gasteiger partial charge in [-0.25, -0.2) is 0 Å². The number of ether oxygens (including phenoxy) is 1. The number of methoxy groups -OCH3 is 1. The summed E-state index contributed by atoms with van der Waals surface area (Å²) < 4.78 is 6.85. The largest absolute Gasteiger partial charge is 0.497 e. The molecule has 144 valence electrons. The van der Waals surface area contributed by atoms with Crippen LogP contribution in [0, 0.1) is 5.92 Å². The Hall–Kier alpha value is -2.83. The number of benzene rings is 1. The van der Waals surface area contributed by atoms with Crippen molar-refractivity contribution in [2.24, 2.45) is 13.0 Å². The van der Waals surface area contributed by atoms with Gasteiger partial charge >= 0.3 is 0 Å². The average molecular weight is 370 g/mol. The van der Waals surface area contributed by atoms with Crippen molar-refractivity contribution < 1.29 is 14.3 Å². The molecule has 0 unspecified atom stereocenters. The molecular formula is C20H26N4O3. The van der Waals surface area contributed by atoms with Crippen LogP contribution >= 0.6 is 0 Å². The van der Waals surface area contributed by atoms with Crippen LogP contribution in [0.1, 0.15) is 41.7 Å². The molecule has 1 aliphatic heterocycles. The maximum Gasteiger partial charge on any atom is 0.253 e. The fraction of sp³-hybridized carbons (Fsp3) is 0.450. The van der Waals surface area contributed by atoms with Crippen LogP contribution in [0.5, 0.6) is 5.75 Å². The first-order chi connectivity index (χ1) is 13.0. The molecule has 0 aliphatic carbocycles. The highest BCUT2D eigenvalue weighted by atomic mass is 16.5. The number of carbonyl (C=O) groups excluding carboxylic acids is 2. The summed E-state index contributed by atoms with van der Waals surface area (Å²) in [6.45, 7) is 3.13. The lowest BCUT2D eigenvalue weighted by atomic mass is 9.95. The number of nitrogens with zero attached hydrogens (tertiary/aromatic N) is 3. The molecule has 7 nitrogen and oxygen atoms in total. The molecule has 1 aliphatic rings. The molecule has 2 aromatic rings. The van der Waals surface area contributed by atoms with Gasteiger partial charge in [-0.3, -0.25) is 14.3 Å². The minimum atomic E-state index is -0.0786. The first kappa shape index (κ1) is 18.9. The fourth-order valence-electron chi connectivity index (χ4n) is 3.34. The zero-order valence-corrected chi connectivity index (χ0v) is 16.0. The van der Waals surface area contributed by atoms with E-state index in [-0.39, 0.29) is 23.8 Å². The Labute approximate surface area is 159 Å². The van der Waals surface area contributed by atoms with E-state index >= 15 is 0 Å². The van der Waals surface area contributed by atoms with Crippen LogP contribution in [-0.4, -0.2) is 46.7 Å². The van der Waals surface area contributed by atoms with Crippen molar-refractivity contribution in [2.45, 2.75) is 25.8 Å². The number of piperidine rings is 1. The van der Waals surface area contributed by atoms with Crippen molar-refractivity contribution in [3.05, 3.63) is 47.8 Å². The van der Waals surface area contributed by atoms with E-state index in [1.165, 1.54) is 0 Å². The van der Waals surface area contributed by atoms with Gasteiger partial charge in [0, 0.05) is 43.4 Å². The standard InChI is InChI=1S/C20H26N4O3/c1-14(17-12-21-23(2)13-17)22-19(25)15-8-10-24(11-9-15)20(26)16-4-6-18(27-3)7-5-16/h4-7,12-15H,8-11H2,1-3H3,(H,22,25)/t14-/m1/s1. The summed E-state index contributed by atoms with van der Waals surface area (Å²) in [5.41, 5.74) is 1.63. The lowest BCUT2D eigenvalue weighted by Gasteiger charge is -2.32. The number of aryl methyl sites for hydroxylation is 1. The number of likely N-dealkylation sites (tertiary alicyclic amines) is 1. The van der Waals surface area contributed by atoms with Crippen LogP contribution in [0.25, 0.3) is 0 Å². The maximum absolute atomic E-state index is 12.6. The minimum absolute atomic E-state index is 0.000221. The van der Waals surface area contributed by atoms with E-state index in [1.54, 1.807) is 42.3 Å². The van der Waals surface area contributed by atoms with Gasteiger partial charge < -0.3 is 15.0 Å². The van der Waals surface area contributed by atoms with Gasteiger partial charge in [0.15, 0.2) is 0 Å². The number of rotatable bonds is 5. The number of amides is 2. The van der Waals surface area contributed by atoms with Gasteiger partial charge in [-0.1, -0.05) is 0 Å². The van der Waals surface area contributed by atoms with E-state index in [1.807, 2.05) is 25.1 Å². The molecule has 0 bridgehead atoms. The zero-order chi connectivity index (χ0) is 19.4. The van der Waals surface area contributed by atoms with Gasteiger partial charge in [-0.2, -0.15) is 5.10 Å². The zero-order valence-electron chi connectivity index (χ0n) is 16.0. The van der Waals surface area contributed by atoms with E-state index in [9.17, 15) is 9.59 Å². The average Bonchev–Trinajstić information content (AvgIpc) is 3.14. The van der Waals surface area contributed by atoms with E-state index in [0.29, 0.717) is 31.5 Å². The van der Waals surface area contributed by atoms with Crippen LogP contribution in [0.4, 0.5) is 0 Å². The van der Waals surface area contributed by atoms with Crippen LogP contribution < -0.4 is 10.1 Å². The van der Waals surface area contributed by atoms with Gasteiger partial charge in [0.1, 0.15) is 5.75 Å². The molecule has 1 aromatic heterocycles. The third-order valence-corrected chi connectivity index (χ3v) is 5.07. The highest BCUT2D eigenvalue weighted by molar-refractivity contribution is 5.94. The molecule has 1 fully saturated rings. The van der Waals surface area contributed by atoms with Gasteiger partial charge in [-0.05, 0) is 44.0 Å². The summed E-state index contributed by atoms with van der Waals surface area (Å²) in [5, 5.41) is 7.20. The first-order valence-corrected chi connectivity index (χ1v) is 9.20. The molecule has 0 radical (unpaired) electrons. The smallest absolute Gasteiger partial charge is 0.253 e. The molecule has 2 amide bonds. The highest BCUT2D eigenvalue weighted by Gasteiger charge is 2.28. The molecule has 3 rings (SSSR count). The van der Waals surface area contributed by atoms with E-state index < -0.39 is 0 Å². The Morgan fingerprint density at radius 3 is 2.44 bits per heavy atom. The van der Waals surface area contributed by atoms with E-state index in [2.05, 4.69) is 10.4 Å². The number of aromatic nitrogens is 2. The molecule has 1 N–H and O–H groups in total. The number of hydrogen-bond donors (Lipinski definition) is 1. The summed E-state index contributed by atoms with van der Waals surface area (Å²) in [5.74, 6) is 0.705. The Morgan fingerprint density at radius 2 is 1.89 bits per heavy atom. The maximum atomic E-state index is 12.6. The molecule has 27 heavy (non-hydrogen) atoms. The second kappa shape index (κ2) is 8.24.